The molecule has 2 N–H and O–H groups in total. The highest BCUT2D eigenvalue weighted by molar-refractivity contribution is 5.76. The molecule has 1 amide bonds. The molecule has 0 aliphatic heterocycles. The Labute approximate surface area is 152 Å². The van der Waals surface area contributed by atoms with E-state index in [1.807, 2.05) is 18.2 Å². The second kappa shape index (κ2) is 7.99. The van der Waals surface area contributed by atoms with Gasteiger partial charge in [-0.05, 0) is 37.0 Å². The maximum absolute atomic E-state index is 12.1. The van der Waals surface area contributed by atoms with Gasteiger partial charge in [0.25, 0.3) is 5.69 Å². The number of nitro groups is 1. The third-order valence-electron chi connectivity index (χ3n) is 4.85. The van der Waals surface area contributed by atoms with Crippen LogP contribution < -0.4 is 10.6 Å². The van der Waals surface area contributed by atoms with Crippen LogP contribution in [0.3, 0.4) is 0 Å². The van der Waals surface area contributed by atoms with E-state index in [-0.39, 0.29) is 17.0 Å². The zero-order valence-electron chi connectivity index (χ0n) is 14.6. The molecule has 2 aromatic rings. The first-order chi connectivity index (χ1) is 12.6. The van der Waals surface area contributed by atoms with Gasteiger partial charge < -0.3 is 10.6 Å². The number of amides is 1. The first kappa shape index (κ1) is 17.9. The fourth-order valence-electron chi connectivity index (χ4n) is 3.05. The van der Waals surface area contributed by atoms with Gasteiger partial charge in [-0.25, -0.2) is 0 Å². The Hall–Kier alpha value is -2.89. The highest BCUT2D eigenvalue weighted by atomic mass is 16.6. The van der Waals surface area contributed by atoms with Gasteiger partial charge in [-0.15, -0.1) is 0 Å². The van der Waals surface area contributed by atoms with Crippen molar-refractivity contribution in [3.63, 3.8) is 0 Å². The van der Waals surface area contributed by atoms with Crippen molar-refractivity contribution in [1.82, 2.24) is 5.32 Å². The number of carbonyl (C=O) groups is 1. The first-order valence-corrected chi connectivity index (χ1v) is 8.90. The van der Waals surface area contributed by atoms with Gasteiger partial charge in [0.1, 0.15) is 0 Å². The van der Waals surface area contributed by atoms with E-state index in [1.54, 1.807) is 12.1 Å². The molecule has 6 heteroatoms. The van der Waals surface area contributed by atoms with E-state index in [1.165, 1.54) is 17.7 Å². The molecule has 1 fully saturated rings. The monoisotopic (exact) mass is 353 g/mol. The van der Waals surface area contributed by atoms with E-state index in [2.05, 4.69) is 22.8 Å². The molecule has 6 nitrogen and oxygen atoms in total. The smallest absolute Gasteiger partial charge is 0.269 e. The van der Waals surface area contributed by atoms with Crippen LogP contribution in [0.1, 0.15) is 31.2 Å². The molecule has 0 aromatic heterocycles. The van der Waals surface area contributed by atoms with Gasteiger partial charge in [-0.2, -0.15) is 0 Å². The summed E-state index contributed by atoms with van der Waals surface area (Å²) in [6, 6.07) is 16.6. The topological polar surface area (TPSA) is 84.3 Å². The fraction of sp³-hybridized carbons (Fsp3) is 0.350. The fourth-order valence-corrected chi connectivity index (χ4v) is 3.05. The van der Waals surface area contributed by atoms with Crippen LogP contribution in [-0.4, -0.2) is 23.9 Å². The molecule has 0 saturated heterocycles. The van der Waals surface area contributed by atoms with E-state index in [0.29, 0.717) is 25.9 Å². The average Bonchev–Trinajstić information content (AvgIpc) is 3.46. The predicted octanol–water partition coefficient (Wildman–Crippen LogP) is 3.63. The van der Waals surface area contributed by atoms with E-state index in [9.17, 15) is 14.9 Å². The van der Waals surface area contributed by atoms with Crippen molar-refractivity contribution >= 4 is 17.3 Å². The Balaban J connectivity index is 1.35. The van der Waals surface area contributed by atoms with Crippen molar-refractivity contribution in [3.8, 4) is 0 Å². The van der Waals surface area contributed by atoms with Gasteiger partial charge in [0.05, 0.1) is 4.92 Å². The third-order valence-corrected chi connectivity index (χ3v) is 4.85. The third kappa shape index (κ3) is 4.59. The van der Waals surface area contributed by atoms with Crippen LogP contribution >= 0.6 is 0 Å². The quantitative estimate of drug-likeness (QED) is 0.409. The highest BCUT2D eigenvalue weighted by Crippen LogP contribution is 2.47. The minimum absolute atomic E-state index is 0.0673. The van der Waals surface area contributed by atoms with Gasteiger partial charge in [0.15, 0.2) is 0 Å². The molecule has 0 radical (unpaired) electrons. The Kier molecular flexibility index (Phi) is 5.51. The summed E-state index contributed by atoms with van der Waals surface area (Å²) in [7, 11) is 0. The molecule has 0 spiro atoms. The lowest BCUT2D eigenvalue weighted by Gasteiger charge is -2.16. The second-order valence-electron chi connectivity index (χ2n) is 6.76. The van der Waals surface area contributed by atoms with Gasteiger partial charge in [0.2, 0.25) is 5.91 Å². The average molecular weight is 353 g/mol. The Morgan fingerprint density at radius 1 is 1.08 bits per heavy atom. The molecule has 1 aliphatic carbocycles. The Morgan fingerprint density at radius 3 is 2.38 bits per heavy atom. The van der Waals surface area contributed by atoms with Crippen LogP contribution in [0.4, 0.5) is 11.4 Å². The van der Waals surface area contributed by atoms with Crippen molar-refractivity contribution in [2.45, 2.75) is 31.1 Å². The summed E-state index contributed by atoms with van der Waals surface area (Å²) >= 11 is 0. The summed E-state index contributed by atoms with van der Waals surface area (Å²) in [6.45, 7) is 1.35. The van der Waals surface area contributed by atoms with Crippen molar-refractivity contribution in [2.24, 2.45) is 0 Å². The number of benzene rings is 2. The zero-order chi connectivity index (χ0) is 18.4. The molecule has 2 aromatic carbocycles. The van der Waals surface area contributed by atoms with E-state index < -0.39 is 4.92 Å². The summed E-state index contributed by atoms with van der Waals surface area (Å²) in [4.78, 5) is 22.3. The number of anilines is 1. The van der Waals surface area contributed by atoms with Crippen molar-refractivity contribution in [2.75, 3.05) is 18.4 Å². The minimum atomic E-state index is -0.420. The number of nitrogens with one attached hydrogen (secondary N) is 2. The lowest BCUT2D eigenvalue weighted by atomic mass is 9.96. The molecule has 26 heavy (non-hydrogen) atoms. The van der Waals surface area contributed by atoms with Gasteiger partial charge in [-0.3, -0.25) is 14.9 Å². The number of rotatable bonds is 9. The Bertz CT molecular complexity index is 756. The van der Waals surface area contributed by atoms with Crippen LogP contribution in [0.5, 0.6) is 0 Å². The molecule has 1 saturated carbocycles. The molecule has 0 bridgehead atoms. The van der Waals surface area contributed by atoms with E-state index >= 15 is 0 Å². The van der Waals surface area contributed by atoms with Gasteiger partial charge in [-0.1, -0.05) is 30.3 Å². The number of nitro benzene ring substituents is 1. The summed E-state index contributed by atoms with van der Waals surface area (Å²) in [5, 5.41) is 16.9. The lowest BCUT2D eigenvalue weighted by Crippen LogP contribution is -2.32. The maximum atomic E-state index is 12.1. The SMILES string of the molecule is O=C(CCCNc1ccc([N+](=O)[O-])cc1)NCC1(c2ccccc2)CC1. The molecular formula is C20H23N3O3. The maximum Gasteiger partial charge on any atom is 0.269 e. The summed E-state index contributed by atoms with van der Waals surface area (Å²) in [5.74, 6) is 0.0673. The molecule has 136 valence electrons. The Morgan fingerprint density at radius 2 is 1.77 bits per heavy atom. The number of hydrogen-bond donors (Lipinski definition) is 2. The van der Waals surface area contributed by atoms with Crippen molar-refractivity contribution in [3.05, 3.63) is 70.3 Å². The highest BCUT2D eigenvalue weighted by Gasteiger charge is 2.44. The summed E-state index contributed by atoms with van der Waals surface area (Å²) < 4.78 is 0. The predicted molar refractivity (Wildman–Crippen MR) is 101 cm³/mol. The van der Waals surface area contributed by atoms with Crippen molar-refractivity contribution < 1.29 is 9.72 Å². The van der Waals surface area contributed by atoms with E-state index in [0.717, 1.165) is 18.5 Å². The molecule has 0 atom stereocenters. The lowest BCUT2D eigenvalue weighted by molar-refractivity contribution is -0.384. The number of non-ortho nitro benzene ring substituents is 1. The molecular weight excluding hydrogens is 330 g/mol. The number of carbonyl (C=O) groups excluding carboxylic acids is 1. The summed E-state index contributed by atoms with van der Waals surface area (Å²) in [5.41, 5.74) is 2.33. The van der Waals surface area contributed by atoms with Crippen LogP contribution in [0.15, 0.2) is 54.6 Å². The molecule has 1 aliphatic rings. The normalized spacial score (nSPS) is 14.5. The molecule has 0 unspecified atom stereocenters. The zero-order valence-corrected chi connectivity index (χ0v) is 14.6. The van der Waals surface area contributed by atoms with Crippen LogP contribution in [-0.2, 0) is 10.2 Å². The van der Waals surface area contributed by atoms with Crippen molar-refractivity contribution in [1.29, 1.82) is 0 Å². The molecule has 3 rings (SSSR count). The second-order valence-corrected chi connectivity index (χ2v) is 6.76. The first-order valence-electron chi connectivity index (χ1n) is 8.90. The van der Waals surface area contributed by atoms with Gasteiger partial charge >= 0.3 is 0 Å². The minimum Gasteiger partial charge on any atom is -0.385 e. The van der Waals surface area contributed by atoms with Gasteiger partial charge in [0, 0.05) is 42.7 Å². The molecule has 0 heterocycles. The van der Waals surface area contributed by atoms with Crippen LogP contribution in [0, 0.1) is 10.1 Å². The number of nitrogens with zero attached hydrogens (tertiary/aromatic N) is 1. The van der Waals surface area contributed by atoms with E-state index in [4.69, 9.17) is 0 Å². The van der Waals surface area contributed by atoms with Crippen LogP contribution in [0.2, 0.25) is 0 Å². The standard InChI is InChI=1S/C20H23N3O3/c24-19(22-15-20(12-13-20)16-5-2-1-3-6-16)7-4-14-21-17-8-10-18(11-9-17)23(25)26/h1-3,5-6,8-11,21H,4,7,12-15H2,(H,22,24). The van der Waals surface area contributed by atoms with Crippen LogP contribution in [0.25, 0.3) is 0 Å². The number of hydrogen-bond acceptors (Lipinski definition) is 4. The summed E-state index contributed by atoms with van der Waals surface area (Å²) in [6.07, 6.45) is 3.42. The largest absolute Gasteiger partial charge is 0.385 e.